The van der Waals surface area contributed by atoms with Gasteiger partial charge in [0.2, 0.25) is 0 Å². The van der Waals surface area contributed by atoms with Crippen molar-refractivity contribution in [2.24, 2.45) is 5.73 Å². The Morgan fingerprint density at radius 2 is 1.95 bits per heavy atom. The van der Waals surface area contributed by atoms with Crippen molar-refractivity contribution in [2.75, 3.05) is 18.0 Å². The van der Waals surface area contributed by atoms with Crippen molar-refractivity contribution < 1.29 is 17.9 Å². The summed E-state index contributed by atoms with van der Waals surface area (Å²) in [4.78, 5) is 11.4. The first-order chi connectivity index (χ1) is 10.4. The van der Waals surface area contributed by atoms with E-state index in [1.54, 1.807) is 38.3 Å². The molecule has 1 aromatic heterocycles. The van der Waals surface area contributed by atoms with Crippen LogP contribution in [0.15, 0.2) is 40.6 Å². The van der Waals surface area contributed by atoms with Crippen molar-refractivity contribution in [1.29, 1.82) is 0 Å². The summed E-state index contributed by atoms with van der Waals surface area (Å²) in [5.41, 5.74) is 5.69. The summed E-state index contributed by atoms with van der Waals surface area (Å²) >= 11 is 1.01. The van der Waals surface area contributed by atoms with Crippen LogP contribution in [0.3, 0.4) is 0 Å². The van der Waals surface area contributed by atoms with Crippen molar-refractivity contribution in [1.82, 2.24) is 0 Å². The molecule has 8 heteroatoms. The van der Waals surface area contributed by atoms with E-state index >= 15 is 0 Å². The molecular formula is C14H16N2O4S2. The Bertz CT molecular complexity index is 766. The number of benzene rings is 1. The fraction of sp³-hybridized carbons (Fsp3) is 0.214. The van der Waals surface area contributed by atoms with Crippen molar-refractivity contribution in [2.45, 2.75) is 11.8 Å². The lowest BCUT2D eigenvalue weighted by Gasteiger charge is -2.22. The van der Waals surface area contributed by atoms with E-state index < -0.39 is 15.9 Å². The molecule has 2 N–H and O–H groups in total. The predicted molar refractivity (Wildman–Crippen MR) is 86.0 cm³/mol. The molecule has 1 amide bonds. The molecule has 1 heterocycles. The van der Waals surface area contributed by atoms with E-state index in [0.717, 1.165) is 11.3 Å². The zero-order valence-electron chi connectivity index (χ0n) is 12.1. The molecule has 0 saturated heterocycles. The Morgan fingerprint density at radius 3 is 2.41 bits per heavy atom. The van der Waals surface area contributed by atoms with Gasteiger partial charge in [0.15, 0.2) is 0 Å². The average Bonchev–Trinajstić information content (AvgIpc) is 2.99. The van der Waals surface area contributed by atoms with Gasteiger partial charge in [-0.05, 0) is 37.3 Å². The molecular weight excluding hydrogens is 324 g/mol. The van der Waals surface area contributed by atoms with Gasteiger partial charge in [-0.15, -0.1) is 11.3 Å². The summed E-state index contributed by atoms with van der Waals surface area (Å²) in [7, 11) is -2.20. The van der Waals surface area contributed by atoms with Crippen LogP contribution in [0.4, 0.5) is 5.69 Å². The summed E-state index contributed by atoms with van der Waals surface area (Å²) in [5, 5.41) is 1.42. The number of hydrogen-bond acceptors (Lipinski definition) is 5. The van der Waals surface area contributed by atoms with Crippen LogP contribution in [0.2, 0.25) is 0 Å². The van der Waals surface area contributed by atoms with Gasteiger partial charge >= 0.3 is 0 Å². The quantitative estimate of drug-likeness (QED) is 0.871. The molecule has 0 radical (unpaired) electrons. The zero-order valence-corrected chi connectivity index (χ0v) is 13.8. The number of sulfonamides is 1. The van der Waals surface area contributed by atoms with Gasteiger partial charge in [-0.25, -0.2) is 8.42 Å². The zero-order chi connectivity index (χ0) is 16.3. The Kier molecular flexibility index (Phi) is 4.72. The van der Waals surface area contributed by atoms with Gasteiger partial charge in [-0.3, -0.25) is 9.10 Å². The van der Waals surface area contributed by atoms with Gasteiger partial charge in [-0.1, -0.05) is 0 Å². The molecule has 22 heavy (non-hydrogen) atoms. The Labute approximate surface area is 133 Å². The molecule has 118 valence electrons. The largest absolute Gasteiger partial charge is 0.497 e. The monoisotopic (exact) mass is 340 g/mol. The maximum atomic E-state index is 12.7. The molecule has 2 rings (SSSR count). The van der Waals surface area contributed by atoms with Gasteiger partial charge < -0.3 is 10.5 Å². The highest BCUT2D eigenvalue weighted by Gasteiger charge is 2.25. The topological polar surface area (TPSA) is 89.7 Å². The van der Waals surface area contributed by atoms with Crippen LogP contribution in [0, 0.1) is 0 Å². The number of carbonyl (C=O) groups excluding carboxylic acids is 1. The summed E-state index contributed by atoms with van der Waals surface area (Å²) in [6, 6.07) is 8.02. The second kappa shape index (κ2) is 6.37. The summed E-state index contributed by atoms with van der Waals surface area (Å²) in [6.07, 6.45) is 0. The van der Waals surface area contributed by atoms with E-state index in [4.69, 9.17) is 10.5 Å². The number of hydrogen-bond donors (Lipinski definition) is 1. The maximum absolute atomic E-state index is 12.7. The molecule has 0 saturated carbocycles. The van der Waals surface area contributed by atoms with Gasteiger partial charge in [0.1, 0.15) is 5.75 Å². The van der Waals surface area contributed by atoms with E-state index in [1.807, 2.05) is 0 Å². The maximum Gasteiger partial charge on any atom is 0.265 e. The second-order valence-corrected chi connectivity index (χ2v) is 7.15. The average molecular weight is 340 g/mol. The Balaban J connectivity index is 2.40. The Hall–Kier alpha value is -2.06. The van der Waals surface area contributed by atoms with Crippen molar-refractivity contribution in [3.63, 3.8) is 0 Å². The molecule has 0 bridgehead atoms. The van der Waals surface area contributed by atoms with Crippen molar-refractivity contribution in [3.05, 3.63) is 40.6 Å². The summed E-state index contributed by atoms with van der Waals surface area (Å²) in [6.45, 7) is 2.00. The lowest BCUT2D eigenvalue weighted by Crippen LogP contribution is -2.30. The lowest BCUT2D eigenvalue weighted by molar-refractivity contribution is 0.100. The van der Waals surface area contributed by atoms with Crippen LogP contribution in [0.5, 0.6) is 5.75 Å². The third-order valence-corrected chi connectivity index (χ3v) is 6.03. The lowest BCUT2D eigenvalue weighted by atomic mass is 10.3. The van der Waals surface area contributed by atoms with Gasteiger partial charge in [0, 0.05) is 11.9 Å². The van der Waals surface area contributed by atoms with E-state index in [0.29, 0.717) is 11.4 Å². The number of primary amides is 1. The minimum atomic E-state index is -3.74. The summed E-state index contributed by atoms with van der Waals surface area (Å²) < 4.78 is 31.7. The number of anilines is 1. The smallest absolute Gasteiger partial charge is 0.265 e. The fourth-order valence-corrected chi connectivity index (χ4v) is 4.54. The Morgan fingerprint density at radius 1 is 1.32 bits per heavy atom. The van der Waals surface area contributed by atoms with Crippen LogP contribution >= 0.6 is 11.3 Å². The molecule has 0 fully saturated rings. The summed E-state index contributed by atoms with van der Waals surface area (Å²) in [5.74, 6) is 0.00250. The third-order valence-electron chi connectivity index (χ3n) is 3.05. The predicted octanol–water partition coefficient (Wildman–Crippen LogP) is 2.07. The molecule has 0 aliphatic heterocycles. The normalized spacial score (nSPS) is 11.2. The standard InChI is InChI=1S/C14H16N2O4S2/c1-3-16(10-4-6-11(20-2)7-5-10)22(18,19)12-8-13(14(15)17)21-9-12/h4-9H,3H2,1-2H3,(H2,15,17). The fourth-order valence-electron chi connectivity index (χ4n) is 1.95. The number of ether oxygens (including phenoxy) is 1. The number of nitrogens with two attached hydrogens (primary N) is 1. The first kappa shape index (κ1) is 16.3. The minimum Gasteiger partial charge on any atom is -0.497 e. The number of carbonyl (C=O) groups is 1. The molecule has 1 aromatic carbocycles. The van der Waals surface area contributed by atoms with Crippen LogP contribution < -0.4 is 14.8 Å². The van der Waals surface area contributed by atoms with Gasteiger partial charge in [0.05, 0.1) is 22.6 Å². The molecule has 6 nitrogen and oxygen atoms in total. The molecule has 0 aliphatic carbocycles. The number of nitrogens with zero attached hydrogens (tertiary/aromatic N) is 1. The number of thiophene rings is 1. The molecule has 0 spiro atoms. The van der Waals surface area contributed by atoms with Crippen molar-refractivity contribution >= 4 is 33.0 Å². The van der Waals surface area contributed by atoms with Crippen molar-refractivity contribution in [3.8, 4) is 5.75 Å². The molecule has 0 atom stereocenters. The molecule has 0 aliphatic rings. The number of methoxy groups -OCH3 is 1. The second-order valence-electron chi connectivity index (χ2n) is 4.38. The van der Waals surface area contributed by atoms with E-state index in [2.05, 4.69) is 0 Å². The minimum absolute atomic E-state index is 0.0592. The first-order valence-corrected chi connectivity index (χ1v) is 8.77. The SMILES string of the molecule is CCN(c1ccc(OC)cc1)S(=O)(=O)c1csc(C(N)=O)c1. The van der Waals surface area contributed by atoms with Crippen LogP contribution in [0.1, 0.15) is 16.6 Å². The molecule has 0 unspecified atom stereocenters. The third kappa shape index (κ3) is 3.07. The van der Waals surface area contributed by atoms with Gasteiger partial charge in [0.25, 0.3) is 15.9 Å². The molecule has 2 aromatic rings. The number of amides is 1. The van der Waals surface area contributed by atoms with E-state index in [1.165, 1.54) is 15.8 Å². The number of rotatable bonds is 6. The van der Waals surface area contributed by atoms with Crippen LogP contribution in [0.25, 0.3) is 0 Å². The highest BCUT2D eigenvalue weighted by Crippen LogP contribution is 2.28. The van der Waals surface area contributed by atoms with E-state index in [9.17, 15) is 13.2 Å². The van der Waals surface area contributed by atoms with Gasteiger partial charge in [-0.2, -0.15) is 0 Å². The first-order valence-electron chi connectivity index (χ1n) is 6.45. The van der Waals surface area contributed by atoms with Crippen LogP contribution in [-0.4, -0.2) is 28.0 Å². The van der Waals surface area contributed by atoms with E-state index in [-0.39, 0.29) is 16.3 Å². The highest BCUT2D eigenvalue weighted by atomic mass is 32.2. The highest BCUT2D eigenvalue weighted by molar-refractivity contribution is 7.93. The van der Waals surface area contributed by atoms with Crippen LogP contribution in [-0.2, 0) is 10.0 Å².